The minimum absolute atomic E-state index is 0.613. The minimum atomic E-state index is 0.613. The Balaban J connectivity index is 3.20. The fourth-order valence-electron chi connectivity index (χ4n) is 1.75. The molecule has 0 saturated heterocycles. The highest BCUT2D eigenvalue weighted by atomic mass is 15.1. The second kappa shape index (κ2) is 11.0. The lowest BCUT2D eigenvalue weighted by molar-refractivity contribution is 0.316. The van der Waals surface area contributed by atoms with Crippen molar-refractivity contribution in [3.05, 3.63) is 0 Å². The van der Waals surface area contributed by atoms with E-state index in [4.69, 9.17) is 0 Å². The maximum Gasteiger partial charge on any atom is 0.00103 e. The summed E-state index contributed by atoms with van der Waals surface area (Å²) >= 11 is 0. The van der Waals surface area contributed by atoms with E-state index in [9.17, 15) is 0 Å². The van der Waals surface area contributed by atoms with E-state index >= 15 is 0 Å². The van der Waals surface area contributed by atoms with Crippen molar-refractivity contribution in [3.63, 3.8) is 0 Å². The zero-order valence-corrected chi connectivity index (χ0v) is 12.6. The van der Waals surface area contributed by atoms with Crippen molar-refractivity contribution < 1.29 is 0 Å². The van der Waals surface area contributed by atoms with E-state index in [0.29, 0.717) is 12.1 Å². The molecule has 0 atom stereocenters. The smallest absolute Gasteiger partial charge is 0.00103 e. The summed E-state index contributed by atoms with van der Waals surface area (Å²) in [5.74, 6) is 0. The SMILES string of the molecule is CC(C)NCCCCN(C)CCCNC(C)C. The van der Waals surface area contributed by atoms with Crippen LogP contribution in [0.2, 0.25) is 0 Å². The van der Waals surface area contributed by atoms with Crippen LogP contribution in [-0.2, 0) is 0 Å². The van der Waals surface area contributed by atoms with Gasteiger partial charge in [-0.3, -0.25) is 0 Å². The van der Waals surface area contributed by atoms with Crippen LogP contribution < -0.4 is 10.6 Å². The van der Waals surface area contributed by atoms with Crippen LogP contribution in [0.4, 0.5) is 0 Å². The standard InChI is InChI=1S/C14H33N3/c1-13(2)15-9-6-7-11-17(5)12-8-10-16-14(3)4/h13-16H,6-12H2,1-5H3. The van der Waals surface area contributed by atoms with Gasteiger partial charge in [0.15, 0.2) is 0 Å². The lowest BCUT2D eigenvalue weighted by Crippen LogP contribution is -2.29. The summed E-state index contributed by atoms with van der Waals surface area (Å²) in [5.41, 5.74) is 0. The lowest BCUT2D eigenvalue weighted by Gasteiger charge is -2.17. The van der Waals surface area contributed by atoms with Gasteiger partial charge < -0.3 is 15.5 Å². The van der Waals surface area contributed by atoms with Gasteiger partial charge in [0.05, 0.1) is 0 Å². The highest BCUT2D eigenvalue weighted by Crippen LogP contribution is 1.94. The van der Waals surface area contributed by atoms with Crippen LogP contribution >= 0.6 is 0 Å². The molecule has 0 amide bonds. The highest BCUT2D eigenvalue weighted by molar-refractivity contribution is 4.58. The van der Waals surface area contributed by atoms with Gasteiger partial charge in [0.1, 0.15) is 0 Å². The van der Waals surface area contributed by atoms with E-state index < -0.39 is 0 Å². The summed E-state index contributed by atoms with van der Waals surface area (Å²) in [7, 11) is 2.23. The largest absolute Gasteiger partial charge is 0.315 e. The van der Waals surface area contributed by atoms with Crippen molar-refractivity contribution in [1.82, 2.24) is 15.5 Å². The van der Waals surface area contributed by atoms with Crippen LogP contribution in [0.25, 0.3) is 0 Å². The molecule has 17 heavy (non-hydrogen) atoms. The maximum absolute atomic E-state index is 3.46. The number of hydrogen-bond acceptors (Lipinski definition) is 3. The molecule has 0 fully saturated rings. The quantitative estimate of drug-likeness (QED) is 0.544. The summed E-state index contributed by atoms with van der Waals surface area (Å²) in [6, 6.07) is 1.23. The average Bonchev–Trinajstić information content (AvgIpc) is 2.23. The Labute approximate surface area is 108 Å². The second-order valence-corrected chi connectivity index (χ2v) is 5.58. The molecule has 0 unspecified atom stereocenters. The second-order valence-electron chi connectivity index (χ2n) is 5.58. The molecule has 0 saturated carbocycles. The molecule has 0 bridgehead atoms. The van der Waals surface area contributed by atoms with Crippen molar-refractivity contribution in [2.45, 2.75) is 59.0 Å². The predicted octanol–water partition coefficient (Wildman–Crippen LogP) is 2.08. The van der Waals surface area contributed by atoms with Gasteiger partial charge in [-0.25, -0.2) is 0 Å². The normalized spacial score (nSPS) is 12.0. The first-order valence-corrected chi connectivity index (χ1v) is 7.17. The summed E-state index contributed by atoms with van der Waals surface area (Å²) < 4.78 is 0. The Hall–Kier alpha value is -0.120. The van der Waals surface area contributed by atoms with Gasteiger partial charge in [-0.2, -0.15) is 0 Å². The van der Waals surface area contributed by atoms with Gasteiger partial charge in [0.25, 0.3) is 0 Å². The Bertz CT molecular complexity index is 158. The molecule has 0 aromatic carbocycles. The van der Waals surface area contributed by atoms with Crippen LogP contribution in [0.3, 0.4) is 0 Å². The minimum Gasteiger partial charge on any atom is -0.315 e. The van der Waals surface area contributed by atoms with Crippen molar-refractivity contribution in [3.8, 4) is 0 Å². The Morgan fingerprint density at radius 1 is 0.765 bits per heavy atom. The molecule has 0 rings (SSSR count). The van der Waals surface area contributed by atoms with Gasteiger partial charge in [0, 0.05) is 12.1 Å². The highest BCUT2D eigenvalue weighted by Gasteiger charge is 1.99. The predicted molar refractivity (Wildman–Crippen MR) is 77.6 cm³/mol. The van der Waals surface area contributed by atoms with Crippen LogP contribution in [0.5, 0.6) is 0 Å². The molecule has 0 aliphatic heterocycles. The van der Waals surface area contributed by atoms with Gasteiger partial charge in [-0.05, 0) is 52.5 Å². The maximum atomic E-state index is 3.46. The fraction of sp³-hybridized carbons (Fsp3) is 1.00. The first kappa shape index (κ1) is 16.9. The number of nitrogens with zero attached hydrogens (tertiary/aromatic N) is 1. The third kappa shape index (κ3) is 13.8. The molecule has 0 aromatic heterocycles. The molecule has 0 heterocycles. The van der Waals surface area contributed by atoms with E-state index in [1.54, 1.807) is 0 Å². The molecule has 0 aliphatic carbocycles. The summed E-state index contributed by atoms with van der Waals surface area (Å²) in [4.78, 5) is 2.44. The molecule has 2 N–H and O–H groups in total. The first-order chi connectivity index (χ1) is 8.02. The molecular weight excluding hydrogens is 210 g/mol. The molecule has 0 aromatic rings. The fourth-order valence-corrected chi connectivity index (χ4v) is 1.75. The van der Waals surface area contributed by atoms with Crippen molar-refractivity contribution >= 4 is 0 Å². The van der Waals surface area contributed by atoms with E-state index in [-0.39, 0.29) is 0 Å². The zero-order chi connectivity index (χ0) is 13.1. The number of rotatable bonds is 11. The molecule has 0 radical (unpaired) electrons. The third-order valence-corrected chi connectivity index (χ3v) is 2.79. The summed E-state index contributed by atoms with van der Waals surface area (Å²) in [6.07, 6.45) is 3.83. The zero-order valence-electron chi connectivity index (χ0n) is 12.6. The molecule has 0 aliphatic rings. The number of hydrogen-bond donors (Lipinski definition) is 2. The van der Waals surface area contributed by atoms with E-state index in [1.807, 2.05) is 0 Å². The average molecular weight is 243 g/mol. The first-order valence-electron chi connectivity index (χ1n) is 7.17. The lowest BCUT2D eigenvalue weighted by atomic mass is 10.2. The van der Waals surface area contributed by atoms with Crippen LogP contribution in [0.15, 0.2) is 0 Å². The summed E-state index contributed by atoms with van der Waals surface area (Å²) in [6.45, 7) is 13.5. The molecule has 0 spiro atoms. The molecule has 104 valence electrons. The van der Waals surface area contributed by atoms with Crippen molar-refractivity contribution in [1.29, 1.82) is 0 Å². The van der Waals surface area contributed by atoms with Gasteiger partial charge in [0.2, 0.25) is 0 Å². The van der Waals surface area contributed by atoms with Gasteiger partial charge in [-0.15, -0.1) is 0 Å². The molecule has 3 heteroatoms. The molecule has 3 nitrogen and oxygen atoms in total. The van der Waals surface area contributed by atoms with E-state index in [2.05, 4.69) is 50.3 Å². The number of unbranched alkanes of at least 4 members (excludes halogenated alkanes) is 1. The Morgan fingerprint density at radius 2 is 1.24 bits per heavy atom. The van der Waals surface area contributed by atoms with E-state index in [1.165, 1.54) is 32.4 Å². The molecular formula is C14H33N3. The van der Waals surface area contributed by atoms with Crippen LogP contribution in [-0.4, -0.2) is 50.2 Å². The van der Waals surface area contributed by atoms with Crippen molar-refractivity contribution in [2.75, 3.05) is 33.2 Å². The Morgan fingerprint density at radius 3 is 1.76 bits per heavy atom. The topological polar surface area (TPSA) is 27.3 Å². The van der Waals surface area contributed by atoms with Gasteiger partial charge >= 0.3 is 0 Å². The third-order valence-electron chi connectivity index (χ3n) is 2.79. The van der Waals surface area contributed by atoms with E-state index in [0.717, 1.165) is 13.1 Å². The van der Waals surface area contributed by atoms with Crippen molar-refractivity contribution in [2.24, 2.45) is 0 Å². The van der Waals surface area contributed by atoms with Crippen LogP contribution in [0, 0.1) is 0 Å². The van der Waals surface area contributed by atoms with Crippen LogP contribution in [0.1, 0.15) is 47.0 Å². The Kier molecular flexibility index (Phi) is 10.9. The summed E-state index contributed by atoms with van der Waals surface area (Å²) in [5, 5.41) is 6.91. The van der Waals surface area contributed by atoms with Gasteiger partial charge in [-0.1, -0.05) is 27.7 Å². The monoisotopic (exact) mass is 243 g/mol. The number of nitrogens with one attached hydrogen (secondary N) is 2.